The molecule has 2 rings (SSSR count). The first-order valence-electron chi connectivity index (χ1n) is 7.40. The minimum atomic E-state index is -0.0679. The van der Waals surface area contributed by atoms with Gasteiger partial charge in [0.2, 0.25) is 0 Å². The lowest BCUT2D eigenvalue weighted by Gasteiger charge is -2.14. The van der Waals surface area contributed by atoms with E-state index >= 15 is 0 Å². The highest BCUT2D eigenvalue weighted by Crippen LogP contribution is 2.28. The molecule has 0 radical (unpaired) electrons. The van der Waals surface area contributed by atoms with Crippen LogP contribution in [0.25, 0.3) is 0 Å². The second-order valence-electron chi connectivity index (χ2n) is 5.40. The van der Waals surface area contributed by atoms with Crippen molar-refractivity contribution in [2.24, 2.45) is 12.8 Å². The molecule has 0 saturated carbocycles. The predicted molar refractivity (Wildman–Crippen MR) is 88.3 cm³/mol. The monoisotopic (exact) mass is 353 g/mol. The second kappa shape index (κ2) is 6.32. The van der Waals surface area contributed by atoms with Gasteiger partial charge in [-0.25, -0.2) is 0 Å². The molecule has 0 spiro atoms. The van der Waals surface area contributed by atoms with Gasteiger partial charge in [-0.1, -0.05) is 6.92 Å². The molecule has 2 heterocycles. The van der Waals surface area contributed by atoms with Gasteiger partial charge in [-0.3, -0.25) is 9.36 Å². The zero-order chi connectivity index (χ0) is 15.7. The summed E-state index contributed by atoms with van der Waals surface area (Å²) in [5.74, 6) is 0. The number of nitrogens with two attached hydrogens (primary N) is 1. The fraction of sp³-hybridized carbons (Fsp3) is 0.600. The van der Waals surface area contributed by atoms with Gasteiger partial charge in [-0.05, 0) is 43.1 Å². The van der Waals surface area contributed by atoms with Crippen LogP contribution in [0.2, 0.25) is 0 Å². The van der Waals surface area contributed by atoms with Gasteiger partial charge in [0, 0.05) is 37.3 Å². The zero-order valence-corrected chi connectivity index (χ0v) is 15.0. The smallest absolute Gasteiger partial charge is 0.0766 e. The van der Waals surface area contributed by atoms with Crippen molar-refractivity contribution in [1.29, 1.82) is 0 Å². The second-order valence-corrected chi connectivity index (χ2v) is 6.19. The van der Waals surface area contributed by atoms with Gasteiger partial charge >= 0.3 is 0 Å². The van der Waals surface area contributed by atoms with Crippen molar-refractivity contribution >= 4 is 15.9 Å². The fourth-order valence-electron chi connectivity index (χ4n) is 2.85. The van der Waals surface area contributed by atoms with E-state index in [9.17, 15) is 0 Å². The van der Waals surface area contributed by atoms with Crippen molar-refractivity contribution in [3.8, 4) is 0 Å². The lowest BCUT2D eigenvalue weighted by atomic mass is 10.0. The number of hydrogen-bond donors (Lipinski definition) is 1. The van der Waals surface area contributed by atoms with Crippen molar-refractivity contribution in [1.82, 2.24) is 19.6 Å². The van der Waals surface area contributed by atoms with E-state index in [1.807, 2.05) is 23.3 Å². The van der Waals surface area contributed by atoms with Gasteiger partial charge in [-0.2, -0.15) is 10.2 Å². The standard InChI is InChI=1S/C15H24BrN5/c1-6-12-15(16)13(21(7-2)19-12)8-11(17)14-9(3)18-20(5)10(14)4/h11H,6-8,17H2,1-5H3. The molecule has 1 unspecified atom stereocenters. The summed E-state index contributed by atoms with van der Waals surface area (Å²) in [4.78, 5) is 0. The summed E-state index contributed by atoms with van der Waals surface area (Å²) < 4.78 is 5.04. The molecule has 5 nitrogen and oxygen atoms in total. The Morgan fingerprint density at radius 2 is 1.90 bits per heavy atom. The third kappa shape index (κ3) is 2.92. The molecule has 0 fully saturated rings. The molecule has 2 aromatic rings. The van der Waals surface area contributed by atoms with Crippen LogP contribution in [0.4, 0.5) is 0 Å². The predicted octanol–water partition coefficient (Wildman–Crippen LogP) is 2.82. The first-order valence-corrected chi connectivity index (χ1v) is 8.19. The van der Waals surface area contributed by atoms with E-state index in [2.05, 4.69) is 46.9 Å². The van der Waals surface area contributed by atoms with Crippen LogP contribution in [0, 0.1) is 13.8 Å². The number of aromatic nitrogens is 4. The largest absolute Gasteiger partial charge is 0.324 e. The Hall–Kier alpha value is -1.14. The summed E-state index contributed by atoms with van der Waals surface area (Å²) in [6, 6.07) is -0.0679. The molecule has 0 aromatic carbocycles. The Kier molecular flexibility index (Phi) is 4.88. The van der Waals surface area contributed by atoms with Crippen LogP contribution in [0.15, 0.2) is 4.47 Å². The summed E-state index contributed by atoms with van der Waals surface area (Å²) in [6.45, 7) is 9.16. The van der Waals surface area contributed by atoms with Crippen molar-refractivity contribution in [3.63, 3.8) is 0 Å². The van der Waals surface area contributed by atoms with E-state index in [4.69, 9.17) is 5.73 Å². The molecule has 2 aromatic heterocycles. The maximum Gasteiger partial charge on any atom is 0.0766 e. The number of rotatable bonds is 5. The molecule has 6 heteroatoms. The van der Waals surface area contributed by atoms with Crippen LogP contribution in [0.5, 0.6) is 0 Å². The molecular formula is C15H24BrN5. The maximum atomic E-state index is 6.47. The fourth-order valence-corrected chi connectivity index (χ4v) is 3.58. The first kappa shape index (κ1) is 16.2. The van der Waals surface area contributed by atoms with Crippen molar-refractivity contribution in [2.75, 3.05) is 0 Å². The molecular weight excluding hydrogens is 330 g/mol. The number of hydrogen-bond acceptors (Lipinski definition) is 3. The Bertz CT molecular complexity index is 641. The highest BCUT2D eigenvalue weighted by Gasteiger charge is 2.21. The van der Waals surface area contributed by atoms with Crippen LogP contribution in [0.1, 0.15) is 48.2 Å². The molecule has 2 N–H and O–H groups in total. The summed E-state index contributed by atoms with van der Waals surface area (Å²) in [5, 5.41) is 9.10. The van der Waals surface area contributed by atoms with E-state index in [-0.39, 0.29) is 6.04 Å². The third-order valence-electron chi connectivity index (χ3n) is 4.04. The van der Waals surface area contributed by atoms with Crippen molar-refractivity contribution in [2.45, 2.75) is 53.1 Å². The lowest BCUT2D eigenvalue weighted by molar-refractivity contribution is 0.582. The van der Waals surface area contributed by atoms with E-state index < -0.39 is 0 Å². The van der Waals surface area contributed by atoms with Crippen molar-refractivity contribution in [3.05, 3.63) is 32.8 Å². The first-order chi connectivity index (χ1) is 9.90. The van der Waals surface area contributed by atoms with Crippen LogP contribution in [-0.2, 0) is 26.4 Å². The molecule has 0 bridgehead atoms. The molecule has 21 heavy (non-hydrogen) atoms. The Morgan fingerprint density at radius 1 is 1.24 bits per heavy atom. The topological polar surface area (TPSA) is 61.7 Å². The van der Waals surface area contributed by atoms with Gasteiger partial charge in [0.15, 0.2) is 0 Å². The molecule has 1 atom stereocenters. The number of aryl methyl sites for hydroxylation is 4. The van der Waals surface area contributed by atoms with Crippen LogP contribution < -0.4 is 5.73 Å². The number of nitrogens with zero attached hydrogens (tertiary/aromatic N) is 4. The maximum absolute atomic E-state index is 6.47. The summed E-state index contributed by atoms with van der Waals surface area (Å²) >= 11 is 3.69. The molecule has 0 aliphatic heterocycles. The van der Waals surface area contributed by atoms with E-state index in [1.165, 1.54) is 5.69 Å². The van der Waals surface area contributed by atoms with Gasteiger partial charge in [0.05, 0.1) is 21.6 Å². The van der Waals surface area contributed by atoms with Gasteiger partial charge in [0.25, 0.3) is 0 Å². The van der Waals surface area contributed by atoms with Crippen LogP contribution >= 0.6 is 15.9 Å². The molecule has 0 amide bonds. The van der Waals surface area contributed by atoms with Crippen LogP contribution in [0.3, 0.4) is 0 Å². The van der Waals surface area contributed by atoms with E-state index in [1.54, 1.807) is 0 Å². The number of halogens is 1. The minimum Gasteiger partial charge on any atom is -0.324 e. The quantitative estimate of drug-likeness (QED) is 0.898. The van der Waals surface area contributed by atoms with E-state index in [0.29, 0.717) is 0 Å². The molecule has 0 aliphatic rings. The summed E-state index contributed by atoms with van der Waals surface area (Å²) in [6.07, 6.45) is 1.68. The highest BCUT2D eigenvalue weighted by atomic mass is 79.9. The SMILES string of the molecule is CCc1nn(CC)c(CC(N)c2c(C)nn(C)c2C)c1Br. The van der Waals surface area contributed by atoms with Gasteiger partial charge in [0.1, 0.15) is 0 Å². The summed E-state index contributed by atoms with van der Waals surface area (Å²) in [7, 11) is 1.96. The molecule has 116 valence electrons. The highest BCUT2D eigenvalue weighted by molar-refractivity contribution is 9.10. The van der Waals surface area contributed by atoms with Crippen molar-refractivity contribution < 1.29 is 0 Å². The average Bonchev–Trinajstić information content (AvgIpc) is 2.88. The Morgan fingerprint density at radius 3 is 2.38 bits per heavy atom. The zero-order valence-electron chi connectivity index (χ0n) is 13.4. The Balaban J connectivity index is 2.35. The lowest BCUT2D eigenvalue weighted by Crippen LogP contribution is -2.18. The Labute approximate surface area is 134 Å². The minimum absolute atomic E-state index is 0.0679. The van der Waals surface area contributed by atoms with E-state index in [0.717, 1.165) is 46.5 Å². The van der Waals surface area contributed by atoms with Gasteiger partial charge < -0.3 is 5.73 Å². The normalized spacial score (nSPS) is 12.9. The third-order valence-corrected chi connectivity index (χ3v) is 4.96. The average molecular weight is 354 g/mol. The van der Waals surface area contributed by atoms with Crippen LogP contribution in [-0.4, -0.2) is 19.6 Å². The van der Waals surface area contributed by atoms with Gasteiger partial charge in [-0.15, -0.1) is 0 Å². The molecule has 0 saturated heterocycles. The summed E-state index contributed by atoms with van der Waals surface area (Å²) in [5.41, 5.74) is 12.0. The molecule has 0 aliphatic carbocycles.